The quantitative estimate of drug-likeness (QED) is 0.655. The SMILES string of the molecule is O=C(CSCc1ccccc1)N[C@H](c1ccccc1)c1cccs1. The lowest BCUT2D eigenvalue weighted by atomic mass is 10.1. The highest BCUT2D eigenvalue weighted by Crippen LogP contribution is 2.26. The summed E-state index contributed by atoms with van der Waals surface area (Å²) in [5.41, 5.74) is 2.36. The number of benzene rings is 2. The van der Waals surface area contributed by atoms with Gasteiger partial charge in [-0.15, -0.1) is 23.1 Å². The van der Waals surface area contributed by atoms with Gasteiger partial charge in [-0.25, -0.2) is 0 Å². The number of hydrogen-bond donors (Lipinski definition) is 1. The molecule has 0 aliphatic rings. The molecule has 3 rings (SSSR count). The number of rotatable bonds is 7. The molecule has 24 heavy (non-hydrogen) atoms. The molecular formula is C20H19NOS2. The molecule has 0 radical (unpaired) electrons. The average Bonchev–Trinajstić information content (AvgIpc) is 3.16. The first-order valence-electron chi connectivity index (χ1n) is 7.82. The van der Waals surface area contributed by atoms with Crippen molar-refractivity contribution >= 4 is 29.0 Å². The normalized spacial score (nSPS) is 11.8. The Morgan fingerprint density at radius 2 is 1.67 bits per heavy atom. The number of hydrogen-bond acceptors (Lipinski definition) is 3. The Hall–Kier alpha value is -2.04. The van der Waals surface area contributed by atoms with E-state index in [1.165, 1.54) is 5.56 Å². The van der Waals surface area contributed by atoms with Crippen LogP contribution in [0.1, 0.15) is 22.0 Å². The molecule has 1 N–H and O–H groups in total. The molecule has 0 saturated heterocycles. The second-order valence-corrected chi connectivity index (χ2v) is 7.37. The second-order valence-electron chi connectivity index (χ2n) is 5.41. The summed E-state index contributed by atoms with van der Waals surface area (Å²) >= 11 is 3.31. The molecule has 2 aromatic carbocycles. The monoisotopic (exact) mass is 353 g/mol. The Balaban J connectivity index is 1.59. The highest BCUT2D eigenvalue weighted by molar-refractivity contribution is 7.99. The molecule has 1 amide bonds. The van der Waals surface area contributed by atoms with Gasteiger partial charge in [-0.2, -0.15) is 0 Å². The first-order chi connectivity index (χ1) is 11.8. The van der Waals surface area contributed by atoms with Gasteiger partial charge in [0.1, 0.15) is 0 Å². The Kier molecular flexibility index (Phi) is 6.10. The summed E-state index contributed by atoms with van der Waals surface area (Å²) in [7, 11) is 0. The fourth-order valence-electron chi connectivity index (χ4n) is 2.46. The van der Waals surface area contributed by atoms with E-state index in [9.17, 15) is 4.79 Å². The average molecular weight is 354 g/mol. The van der Waals surface area contributed by atoms with Gasteiger partial charge in [0.05, 0.1) is 11.8 Å². The number of thiophene rings is 1. The summed E-state index contributed by atoms with van der Waals surface area (Å²) < 4.78 is 0. The lowest BCUT2D eigenvalue weighted by Crippen LogP contribution is -2.30. The van der Waals surface area contributed by atoms with E-state index in [0.717, 1.165) is 16.2 Å². The fourth-order valence-corrected chi connectivity index (χ4v) is 4.06. The molecule has 2 nitrogen and oxygen atoms in total. The molecule has 1 aromatic heterocycles. The molecule has 0 aliphatic carbocycles. The third kappa shape index (κ3) is 4.73. The number of carbonyl (C=O) groups is 1. The van der Waals surface area contributed by atoms with Gasteiger partial charge in [0.15, 0.2) is 0 Å². The second kappa shape index (κ2) is 8.71. The maximum atomic E-state index is 12.4. The molecule has 1 heterocycles. The lowest BCUT2D eigenvalue weighted by Gasteiger charge is -2.18. The van der Waals surface area contributed by atoms with Crippen LogP contribution in [0.5, 0.6) is 0 Å². The topological polar surface area (TPSA) is 29.1 Å². The van der Waals surface area contributed by atoms with E-state index in [4.69, 9.17) is 0 Å². The van der Waals surface area contributed by atoms with Gasteiger partial charge in [0, 0.05) is 10.6 Å². The van der Waals surface area contributed by atoms with Crippen LogP contribution in [0.2, 0.25) is 0 Å². The van der Waals surface area contributed by atoms with E-state index in [1.807, 2.05) is 47.8 Å². The zero-order valence-corrected chi connectivity index (χ0v) is 14.9. The van der Waals surface area contributed by atoms with Crippen LogP contribution in [-0.4, -0.2) is 11.7 Å². The standard InChI is InChI=1S/C20H19NOS2/c22-19(15-23-14-16-8-3-1-4-9-16)21-20(18-12-7-13-24-18)17-10-5-2-6-11-17/h1-13,20H,14-15H2,(H,21,22)/t20-/m1/s1. The maximum absolute atomic E-state index is 12.4. The molecule has 0 bridgehead atoms. The van der Waals surface area contributed by atoms with Gasteiger partial charge >= 0.3 is 0 Å². The van der Waals surface area contributed by atoms with Crippen molar-refractivity contribution in [3.63, 3.8) is 0 Å². The minimum absolute atomic E-state index is 0.0678. The van der Waals surface area contributed by atoms with Gasteiger partial charge in [-0.3, -0.25) is 4.79 Å². The van der Waals surface area contributed by atoms with E-state index in [1.54, 1.807) is 23.1 Å². The third-order valence-corrected chi connectivity index (χ3v) is 5.55. The van der Waals surface area contributed by atoms with Gasteiger partial charge in [-0.1, -0.05) is 66.7 Å². The number of amides is 1. The Morgan fingerprint density at radius 3 is 2.33 bits per heavy atom. The minimum Gasteiger partial charge on any atom is -0.344 e. The van der Waals surface area contributed by atoms with Crippen molar-refractivity contribution in [1.82, 2.24) is 5.32 Å². The van der Waals surface area contributed by atoms with Crippen molar-refractivity contribution in [1.29, 1.82) is 0 Å². The third-order valence-electron chi connectivity index (χ3n) is 3.61. The Labute approximate surface area is 150 Å². The first kappa shape index (κ1) is 16.8. The molecule has 3 aromatic rings. The largest absolute Gasteiger partial charge is 0.344 e. The Bertz CT molecular complexity index is 742. The molecule has 0 saturated carbocycles. The van der Waals surface area contributed by atoms with Crippen LogP contribution in [0.3, 0.4) is 0 Å². The van der Waals surface area contributed by atoms with Gasteiger partial charge in [0.2, 0.25) is 5.91 Å². The van der Waals surface area contributed by atoms with Crippen LogP contribution < -0.4 is 5.32 Å². The number of carbonyl (C=O) groups excluding carboxylic acids is 1. The summed E-state index contributed by atoms with van der Waals surface area (Å²) in [6, 6.07) is 24.4. The predicted octanol–water partition coefficient (Wildman–Crippen LogP) is 4.89. The predicted molar refractivity (Wildman–Crippen MR) is 103 cm³/mol. The molecule has 0 fully saturated rings. The summed E-state index contributed by atoms with van der Waals surface area (Å²) in [6.07, 6.45) is 0. The van der Waals surface area contributed by atoms with Crippen molar-refractivity contribution < 1.29 is 4.79 Å². The van der Waals surface area contributed by atoms with Crippen molar-refractivity contribution in [3.8, 4) is 0 Å². The van der Waals surface area contributed by atoms with Crippen LogP contribution in [0, 0.1) is 0 Å². The zero-order chi connectivity index (χ0) is 16.6. The maximum Gasteiger partial charge on any atom is 0.230 e. The van der Waals surface area contributed by atoms with Crippen molar-refractivity contribution in [2.75, 3.05) is 5.75 Å². The van der Waals surface area contributed by atoms with Crippen molar-refractivity contribution in [2.24, 2.45) is 0 Å². The van der Waals surface area contributed by atoms with Crippen LogP contribution in [0.15, 0.2) is 78.2 Å². The summed E-state index contributed by atoms with van der Waals surface area (Å²) in [4.78, 5) is 13.5. The minimum atomic E-state index is -0.0731. The molecule has 1 atom stereocenters. The lowest BCUT2D eigenvalue weighted by molar-refractivity contribution is -0.119. The number of thioether (sulfide) groups is 1. The van der Waals surface area contributed by atoms with Gasteiger partial charge in [-0.05, 0) is 22.6 Å². The molecule has 0 aliphatic heterocycles. The van der Waals surface area contributed by atoms with E-state index in [2.05, 4.69) is 35.6 Å². The molecule has 0 unspecified atom stereocenters. The van der Waals surface area contributed by atoms with E-state index in [-0.39, 0.29) is 11.9 Å². The highest BCUT2D eigenvalue weighted by atomic mass is 32.2. The van der Waals surface area contributed by atoms with Crippen LogP contribution in [0.25, 0.3) is 0 Å². The first-order valence-corrected chi connectivity index (χ1v) is 9.86. The fraction of sp³-hybridized carbons (Fsp3) is 0.150. The molecule has 4 heteroatoms. The van der Waals surface area contributed by atoms with Crippen LogP contribution >= 0.6 is 23.1 Å². The summed E-state index contributed by atoms with van der Waals surface area (Å²) in [5.74, 6) is 1.38. The Morgan fingerprint density at radius 1 is 0.958 bits per heavy atom. The van der Waals surface area contributed by atoms with Gasteiger partial charge < -0.3 is 5.32 Å². The van der Waals surface area contributed by atoms with Crippen molar-refractivity contribution in [3.05, 3.63) is 94.2 Å². The zero-order valence-electron chi connectivity index (χ0n) is 13.2. The summed E-state index contributed by atoms with van der Waals surface area (Å²) in [6.45, 7) is 0. The van der Waals surface area contributed by atoms with Crippen LogP contribution in [-0.2, 0) is 10.5 Å². The van der Waals surface area contributed by atoms with Gasteiger partial charge in [0.25, 0.3) is 0 Å². The van der Waals surface area contributed by atoms with E-state index >= 15 is 0 Å². The number of nitrogens with one attached hydrogen (secondary N) is 1. The highest BCUT2D eigenvalue weighted by Gasteiger charge is 2.17. The smallest absolute Gasteiger partial charge is 0.230 e. The van der Waals surface area contributed by atoms with E-state index in [0.29, 0.717) is 5.75 Å². The summed E-state index contributed by atoms with van der Waals surface area (Å²) in [5, 5.41) is 5.22. The molecule has 122 valence electrons. The van der Waals surface area contributed by atoms with Crippen LogP contribution in [0.4, 0.5) is 0 Å². The molecular weight excluding hydrogens is 334 g/mol. The molecule has 0 spiro atoms. The van der Waals surface area contributed by atoms with Crippen molar-refractivity contribution in [2.45, 2.75) is 11.8 Å². The van der Waals surface area contributed by atoms with E-state index < -0.39 is 0 Å².